The van der Waals surface area contributed by atoms with Gasteiger partial charge in [0.15, 0.2) is 0 Å². The van der Waals surface area contributed by atoms with Gasteiger partial charge in [0.05, 0.1) is 5.69 Å². The van der Waals surface area contributed by atoms with Crippen molar-refractivity contribution in [2.45, 2.75) is 48.5 Å². The van der Waals surface area contributed by atoms with E-state index in [0.29, 0.717) is 0 Å². The van der Waals surface area contributed by atoms with Crippen molar-refractivity contribution in [3.05, 3.63) is 41.7 Å². The molecule has 0 radical (unpaired) electrons. The van der Waals surface area contributed by atoms with Crippen LogP contribution in [0.2, 0.25) is 0 Å². The number of nitrogens with zero attached hydrogens (tertiary/aromatic N) is 1. The van der Waals surface area contributed by atoms with E-state index in [1.165, 1.54) is 5.57 Å². The Morgan fingerprint density at radius 1 is 1.18 bits per heavy atom. The van der Waals surface area contributed by atoms with Crippen molar-refractivity contribution in [2.75, 3.05) is 0 Å². The van der Waals surface area contributed by atoms with E-state index in [1.807, 2.05) is 53.7 Å². The quantitative estimate of drug-likeness (QED) is 0.656. The van der Waals surface area contributed by atoms with Crippen molar-refractivity contribution in [1.29, 1.82) is 0 Å². The average molecular weight is 233 g/mol. The van der Waals surface area contributed by atoms with E-state index < -0.39 is 0 Å². The topological polar surface area (TPSA) is 12.9 Å². The highest BCUT2D eigenvalue weighted by Gasteiger charge is 2.02. The fraction of sp³-hybridized carbons (Fsp3) is 0.438. The molecule has 0 aromatic carbocycles. The highest BCUT2D eigenvalue weighted by atomic mass is 14.7. The lowest BCUT2D eigenvalue weighted by Gasteiger charge is -2.05. The first kappa shape index (κ1) is 18.0. The minimum Gasteiger partial charge on any atom is -0.253 e. The number of allylic oxidation sites excluding steroid dienone is 2. The SMILES string of the molecule is C=Cc1ccc(C)nc1/C(C)=C\C.CC.CC. The molecule has 0 aliphatic heterocycles. The summed E-state index contributed by atoms with van der Waals surface area (Å²) >= 11 is 0. The van der Waals surface area contributed by atoms with Crippen molar-refractivity contribution < 1.29 is 0 Å². The molecule has 17 heavy (non-hydrogen) atoms. The Morgan fingerprint density at radius 3 is 2.12 bits per heavy atom. The van der Waals surface area contributed by atoms with Crippen molar-refractivity contribution in [3.8, 4) is 0 Å². The minimum atomic E-state index is 1.04. The summed E-state index contributed by atoms with van der Waals surface area (Å²) in [6, 6.07) is 4.06. The maximum atomic E-state index is 4.48. The molecule has 0 spiro atoms. The highest BCUT2D eigenvalue weighted by molar-refractivity contribution is 5.69. The first-order valence-electron chi connectivity index (χ1n) is 6.42. The Morgan fingerprint density at radius 2 is 1.71 bits per heavy atom. The molecule has 1 nitrogen and oxygen atoms in total. The molecule has 0 amide bonds. The van der Waals surface area contributed by atoms with Gasteiger partial charge in [-0.1, -0.05) is 52.5 Å². The van der Waals surface area contributed by atoms with Crippen LogP contribution >= 0.6 is 0 Å². The van der Waals surface area contributed by atoms with Crippen molar-refractivity contribution in [3.63, 3.8) is 0 Å². The third-order valence-corrected chi connectivity index (χ3v) is 2.09. The second kappa shape index (κ2) is 11.1. The standard InChI is InChI=1S/C12H15N.2C2H6/c1-5-9(3)12-11(6-2)8-7-10(4)13-12;2*1-2/h5-8H,2H2,1,3-4H3;2*1-2H3/b9-5-;;. The Kier molecular flexibility index (Phi) is 11.8. The summed E-state index contributed by atoms with van der Waals surface area (Å²) in [5.74, 6) is 0. The molecule has 1 rings (SSSR count). The summed E-state index contributed by atoms with van der Waals surface area (Å²) in [6.45, 7) is 17.9. The zero-order valence-corrected chi connectivity index (χ0v) is 12.5. The van der Waals surface area contributed by atoms with Crippen molar-refractivity contribution in [1.82, 2.24) is 4.98 Å². The molecule has 0 saturated heterocycles. The van der Waals surface area contributed by atoms with Gasteiger partial charge in [-0.25, -0.2) is 0 Å². The molecule has 1 aromatic rings. The minimum absolute atomic E-state index is 1.04. The molecule has 0 fully saturated rings. The Bertz CT molecular complexity index is 349. The maximum absolute atomic E-state index is 4.48. The molecule has 1 heteroatoms. The van der Waals surface area contributed by atoms with Gasteiger partial charge in [-0.2, -0.15) is 0 Å². The van der Waals surface area contributed by atoms with Crippen molar-refractivity contribution in [2.24, 2.45) is 0 Å². The van der Waals surface area contributed by atoms with Crippen LogP contribution < -0.4 is 0 Å². The molecule has 0 bridgehead atoms. The molecule has 0 aliphatic carbocycles. The van der Waals surface area contributed by atoms with E-state index in [1.54, 1.807) is 0 Å². The molecule has 0 aliphatic rings. The number of aryl methyl sites for hydroxylation is 1. The maximum Gasteiger partial charge on any atom is 0.0730 e. The molecule has 1 heterocycles. The first-order chi connectivity index (χ1) is 8.19. The largest absolute Gasteiger partial charge is 0.253 e. The zero-order chi connectivity index (χ0) is 13.8. The highest BCUT2D eigenvalue weighted by Crippen LogP contribution is 2.17. The van der Waals surface area contributed by atoms with Gasteiger partial charge in [0.25, 0.3) is 0 Å². The normalized spacial score (nSPS) is 9.47. The summed E-state index contributed by atoms with van der Waals surface area (Å²) < 4.78 is 0. The molecular weight excluding hydrogens is 206 g/mol. The average Bonchev–Trinajstić information content (AvgIpc) is 2.42. The van der Waals surface area contributed by atoms with Crippen LogP contribution in [0.1, 0.15) is 58.5 Å². The Balaban J connectivity index is 0. The molecule has 0 atom stereocenters. The lowest BCUT2D eigenvalue weighted by molar-refractivity contribution is 1.16. The Labute approximate surface area is 107 Å². The summed E-state index contributed by atoms with van der Waals surface area (Å²) in [6.07, 6.45) is 3.91. The van der Waals surface area contributed by atoms with E-state index in [-0.39, 0.29) is 0 Å². The van der Waals surface area contributed by atoms with Gasteiger partial charge in [-0.15, -0.1) is 0 Å². The van der Waals surface area contributed by atoms with E-state index in [0.717, 1.165) is 17.0 Å². The third-order valence-electron chi connectivity index (χ3n) is 2.09. The summed E-state index contributed by atoms with van der Waals surface area (Å²) in [5, 5.41) is 0. The molecule has 1 aromatic heterocycles. The van der Waals surface area contributed by atoms with E-state index in [2.05, 4.69) is 30.6 Å². The van der Waals surface area contributed by atoms with Crippen LogP contribution in [0.5, 0.6) is 0 Å². The second-order valence-corrected chi connectivity index (χ2v) is 3.07. The van der Waals surface area contributed by atoms with E-state index in [9.17, 15) is 0 Å². The van der Waals surface area contributed by atoms with Crippen LogP contribution in [0.3, 0.4) is 0 Å². The second-order valence-electron chi connectivity index (χ2n) is 3.07. The number of hydrogen-bond acceptors (Lipinski definition) is 1. The Hall–Kier alpha value is -1.37. The smallest absolute Gasteiger partial charge is 0.0730 e. The fourth-order valence-corrected chi connectivity index (χ4v) is 1.18. The first-order valence-corrected chi connectivity index (χ1v) is 6.42. The van der Waals surface area contributed by atoms with Crippen molar-refractivity contribution >= 4 is 11.6 Å². The molecule has 0 saturated carbocycles. The fourth-order valence-electron chi connectivity index (χ4n) is 1.18. The number of pyridine rings is 1. The molecule has 0 unspecified atom stereocenters. The third kappa shape index (κ3) is 6.06. The molecular formula is C16H27N. The van der Waals surface area contributed by atoms with Gasteiger partial charge < -0.3 is 0 Å². The number of rotatable bonds is 2. The van der Waals surface area contributed by atoms with Crippen LogP contribution in [-0.2, 0) is 0 Å². The summed E-state index contributed by atoms with van der Waals surface area (Å²) in [5.41, 5.74) is 4.37. The van der Waals surface area contributed by atoms with Crippen LogP contribution in [-0.4, -0.2) is 4.98 Å². The predicted octanol–water partition coefficient (Wildman–Crippen LogP) is 5.51. The number of hydrogen-bond donors (Lipinski definition) is 0. The van der Waals surface area contributed by atoms with Crippen LogP contribution in [0.15, 0.2) is 24.8 Å². The number of aromatic nitrogens is 1. The monoisotopic (exact) mass is 233 g/mol. The summed E-state index contributed by atoms with van der Waals surface area (Å²) in [7, 11) is 0. The summed E-state index contributed by atoms with van der Waals surface area (Å²) in [4.78, 5) is 4.48. The van der Waals surface area contributed by atoms with Gasteiger partial charge in [0.2, 0.25) is 0 Å². The van der Waals surface area contributed by atoms with E-state index in [4.69, 9.17) is 0 Å². The lowest BCUT2D eigenvalue weighted by Crippen LogP contribution is -1.92. The van der Waals surface area contributed by atoms with Gasteiger partial charge in [-0.05, 0) is 38.0 Å². The lowest BCUT2D eigenvalue weighted by atomic mass is 10.1. The van der Waals surface area contributed by atoms with Gasteiger partial charge in [0, 0.05) is 5.69 Å². The van der Waals surface area contributed by atoms with Gasteiger partial charge in [0.1, 0.15) is 0 Å². The van der Waals surface area contributed by atoms with Crippen LogP contribution in [0.4, 0.5) is 0 Å². The van der Waals surface area contributed by atoms with Crippen LogP contribution in [0, 0.1) is 6.92 Å². The van der Waals surface area contributed by atoms with E-state index >= 15 is 0 Å². The predicted molar refractivity (Wildman–Crippen MR) is 81.1 cm³/mol. The van der Waals surface area contributed by atoms with Gasteiger partial charge >= 0.3 is 0 Å². The van der Waals surface area contributed by atoms with Gasteiger partial charge in [-0.3, -0.25) is 4.98 Å². The molecule has 0 N–H and O–H groups in total. The zero-order valence-electron chi connectivity index (χ0n) is 12.5. The van der Waals surface area contributed by atoms with Crippen LogP contribution in [0.25, 0.3) is 11.6 Å². The molecule has 96 valence electrons.